The summed E-state index contributed by atoms with van der Waals surface area (Å²) in [6.07, 6.45) is 4.86. The molecule has 4 aliphatic rings. The number of imidazole rings is 1. The Kier molecular flexibility index (Phi) is 12.0. The summed E-state index contributed by atoms with van der Waals surface area (Å²) in [5, 5.41) is 16.1. The van der Waals surface area contributed by atoms with Crippen LogP contribution in [0.1, 0.15) is 81.0 Å². The van der Waals surface area contributed by atoms with Gasteiger partial charge in [-0.2, -0.15) is 18.2 Å². The number of hydrogen-bond donors (Lipinski definition) is 3. The molecule has 0 bridgehead atoms. The molecule has 1 atom stereocenters. The molecule has 1 saturated carbocycles. The summed E-state index contributed by atoms with van der Waals surface area (Å²) in [6, 6.07) is 14.4. The van der Waals surface area contributed by atoms with Gasteiger partial charge in [0.1, 0.15) is 11.7 Å². The zero-order valence-corrected chi connectivity index (χ0v) is 34.9. The highest BCUT2D eigenvalue weighted by atomic mass is 19.4. The van der Waals surface area contributed by atoms with Crippen LogP contribution in [-0.4, -0.2) is 114 Å². The van der Waals surface area contributed by atoms with Crippen LogP contribution < -0.4 is 16.3 Å². The van der Waals surface area contributed by atoms with E-state index in [-0.39, 0.29) is 48.8 Å². The number of likely N-dealkylation sites (tertiary alicyclic amines) is 2. The maximum Gasteiger partial charge on any atom is 0.390 e. The lowest BCUT2D eigenvalue weighted by atomic mass is 9.93. The minimum Gasteiger partial charge on any atom is -0.393 e. The molecule has 3 saturated heterocycles. The second-order valence-electron chi connectivity index (χ2n) is 17.5. The van der Waals surface area contributed by atoms with Crippen LogP contribution in [0.15, 0.2) is 59.7 Å². The van der Waals surface area contributed by atoms with Gasteiger partial charge in [0.2, 0.25) is 17.8 Å². The van der Waals surface area contributed by atoms with E-state index in [1.54, 1.807) is 17.8 Å². The number of piperidine rings is 2. The second-order valence-corrected chi connectivity index (χ2v) is 17.5. The van der Waals surface area contributed by atoms with E-state index < -0.39 is 24.5 Å². The maximum atomic E-state index is 13.1. The van der Waals surface area contributed by atoms with Crippen molar-refractivity contribution in [1.82, 2.24) is 38.8 Å². The van der Waals surface area contributed by atoms with Crippen molar-refractivity contribution in [3.05, 3.63) is 76.5 Å². The Morgan fingerprint density at radius 1 is 0.919 bits per heavy atom. The van der Waals surface area contributed by atoms with Crippen molar-refractivity contribution < 1.29 is 32.6 Å². The lowest BCUT2D eigenvalue weighted by molar-refractivity contribution is -0.136. The van der Waals surface area contributed by atoms with Crippen molar-refractivity contribution >= 4 is 39.8 Å². The van der Waals surface area contributed by atoms with E-state index in [1.165, 1.54) is 10.1 Å². The number of nitrogens with zero attached hydrogens (tertiary/aromatic N) is 7. The number of hydrogen-bond acceptors (Lipinski definition) is 10. The van der Waals surface area contributed by atoms with E-state index in [0.29, 0.717) is 49.5 Å². The lowest BCUT2D eigenvalue weighted by Gasteiger charge is -2.46. The van der Waals surface area contributed by atoms with E-state index >= 15 is 0 Å². The van der Waals surface area contributed by atoms with Crippen molar-refractivity contribution in [3.8, 4) is 11.1 Å². The van der Waals surface area contributed by atoms with Gasteiger partial charge in [0.05, 0.1) is 36.3 Å². The van der Waals surface area contributed by atoms with Gasteiger partial charge in [-0.3, -0.25) is 33.8 Å². The van der Waals surface area contributed by atoms with Gasteiger partial charge in [-0.15, -0.1) is 0 Å². The second kappa shape index (κ2) is 17.6. The Morgan fingerprint density at radius 3 is 2.39 bits per heavy atom. The fourth-order valence-corrected chi connectivity index (χ4v) is 9.78. The molecule has 0 radical (unpaired) electrons. The molecular formula is C45H54F3N9O5. The minimum absolute atomic E-state index is 0.132. The molecular weight excluding hydrogens is 804 g/mol. The van der Waals surface area contributed by atoms with Crippen molar-refractivity contribution in [3.63, 3.8) is 0 Å². The third-order valence-corrected chi connectivity index (χ3v) is 13.4. The lowest BCUT2D eigenvalue weighted by Crippen LogP contribution is -2.58. The summed E-state index contributed by atoms with van der Waals surface area (Å²) in [4.78, 5) is 51.4. The standard InChI is InChI=1S/C45H54F3N9O5/c1-53-39-22-28(4-11-37(39)57(44(53)61)38-12-13-40(59)51-42(38)60)16-21-62-34-25-55(26-34)31-14-19-54(20-15-31)24-29-2-5-30(6-3-29)36-27-56(32-7-9-33(58)10-8-32)41-35(36)23-50-43(52-41)49-18-17-45(46,47)48/h2-6,11,22-23,27,31-34,38,58H,7-10,12-21,24-26H2,1H3,(H,49,50,52)(H,51,59,60)/t32?,33?,38-/m0/s1. The fraction of sp³-hybridized carbons (Fsp3) is 0.533. The van der Waals surface area contributed by atoms with Crippen molar-refractivity contribution in [2.45, 2.75) is 107 Å². The number of alkyl halides is 3. The number of carbonyl (C=O) groups is 2. The summed E-state index contributed by atoms with van der Waals surface area (Å²) in [5.41, 5.74) is 6.14. The SMILES string of the molecule is Cn1c(=O)n([C@H]2CCC(=O)NC2=O)c2ccc(CCOC3CN(C4CCN(Cc5ccc(-c6cn(C7CCC(O)CC7)c7nc(NCCC(F)(F)F)ncc67)cc5)CC4)C3)cc21. The molecule has 3 N–H and O–H groups in total. The molecule has 3 aromatic heterocycles. The highest BCUT2D eigenvalue weighted by molar-refractivity contribution is 6.00. The van der Waals surface area contributed by atoms with E-state index in [1.807, 2.05) is 18.2 Å². The average Bonchev–Trinajstić information content (AvgIpc) is 3.73. The van der Waals surface area contributed by atoms with Crippen LogP contribution in [0.25, 0.3) is 33.2 Å². The first-order valence-electron chi connectivity index (χ1n) is 21.9. The Balaban J connectivity index is 0.747. The summed E-state index contributed by atoms with van der Waals surface area (Å²) in [7, 11) is 1.71. The molecule has 1 aliphatic carbocycles. The first kappa shape index (κ1) is 42.2. The molecule has 17 heteroatoms. The monoisotopic (exact) mass is 857 g/mol. The van der Waals surface area contributed by atoms with Crippen LogP contribution in [0.5, 0.6) is 0 Å². The number of aromatic nitrogens is 5. The maximum absolute atomic E-state index is 13.1. The van der Waals surface area contributed by atoms with Crippen molar-refractivity contribution in [1.29, 1.82) is 0 Å². The highest BCUT2D eigenvalue weighted by Crippen LogP contribution is 2.37. The smallest absolute Gasteiger partial charge is 0.390 e. The minimum atomic E-state index is -4.27. The number of aryl methyl sites for hydroxylation is 1. The quantitative estimate of drug-likeness (QED) is 0.130. The van der Waals surface area contributed by atoms with Gasteiger partial charge in [-0.05, 0) is 93.3 Å². The number of aliphatic hydroxyl groups is 1. The zero-order chi connectivity index (χ0) is 43.1. The number of aliphatic hydroxyl groups excluding tert-OH is 1. The fourth-order valence-electron chi connectivity index (χ4n) is 9.78. The zero-order valence-electron chi connectivity index (χ0n) is 34.9. The Labute approximate surface area is 357 Å². The summed E-state index contributed by atoms with van der Waals surface area (Å²) < 4.78 is 49.8. The molecule has 62 heavy (non-hydrogen) atoms. The van der Waals surface area contributed by atoms with Crippen molar-refractivity contribution in [2.24, 2.45) is 7.05 Å². The third-order valence-electron chi connectivity index (χ3n) is 13.4. The summed E-state index contributed by atoms with van der Waals surface area (Å²) >= 11 is 0. The molecule has 5 aromatic rings. The molecule has 4 fully saturated rings. The van der Waals surface area contributed by atoms with Crippen LogP contribution in [0, 0.1) is 0 Å². The van der Waals surface area contributed by atoms with Gasteiger partial charge in [0.25, 0.3) is 0 Å². The third kappa shape index (κ3) is 9.03. The number of nitrogens with one attached hydrogen (secondary N) is 2. The number of imide groups is 1. The van der Waals surface area contributed by atoms with E-state index in [2.05, 4.69) is 65.4 Å². The largest absolute Gasteiger partial charge is 0.393 e. The molecule has 0 unspecified atom stereocenters. The van der Waals surface area contributed by atoms with E-state index in [0.717, 1.165) is 86.0 Å². The summed E-state index contributed by atoms with van der Waals surface area (Å²) in [5.74, 6) is -0.576. The number of benzene rings is 2. The number of rotatable bonds is 13. The predicted molar refractivity (Wildman–Crippen MR) is 228 cm³/mol. The topological polar surface area (TPSA) is 152 Å². The van der Waals surface area contributed by atoms with Crippen LogP contribution in [0.2, 0.25) is 0 Å². The predicted octanol–water partition coefficient (Wildman–Crippen LogP) is 5.48. The Morgan fingerprint density at radius 2 is 1.66 bits per heavy atom. The van der Waals surface area contributed by atoms with Crippen LogP contribution in [0.4, 0.5) is 19.1 Å². The molecule has 330 valence electrons. The van der Waals surface area contributed by atoms with Gasteiger partial charge in [-0.1, -0.05) is 30.3 Å². The van der Waals surface area contributed by atoms with Crippen LogP contribution in [0.3, 0.4) is 0 Å². The summed E-state index contributed by atoms with van der Waals surface area (Å²) in [6.45, 7) is 5.03. The number of halogens is 3. The number of ether oxygens (including phenoxy) is 1. The molecule has 9 rings (SSSR count). The van der Waals surface area contributed by atoms with Crippen LogP contribution in [-0.2, 0) is 34.3 Å². The van der Waals surface area contributed by atoms with Gasteiger partial charge < -0.3 is 19.7 Å². The first-order chi connectivity index (χ1) is 29.9. The Hall–Kier alpha value is -5.10. The average molecular weight is 858 g/mol. The molecule has 0 spiro atoms. The number of fused-ring (bicyclic) bond motifs is 2. The Bertz CT molecular complexity index is 2480. The molecule has 3 aliphatic heterocycles. The molecule has 2 aromatic carbocycles. The van der Waals surface area contributed by atoms with Gasteiger partial charge in [-0.25, -0.2) is 9.78 Å². The van der Waals surface area contributed by atoms with Gasteiger partial charge >= 0.3 is 11.9 Å². The van der Waals surface area contributed by atoms with Crippen molar-refractivity contribution in [2.75, 3.05) is 44.6 Å². The molecule has 14 nitrogen and oxygen atoms in total. The highest BCUT2D eigenvalue weighted by Gasteiger charge is 2.35. The van der Waals surface area contributed by atoms with Gasteiger partial charge in [0.15, 0.2) is 0 Å². The van der Waals surface area contributed by atoms with Crippen LogP contribution >= 0.6 is 0 Å². The molecule has 6 heterocycles. The van der Waals surface area contributed by atoms with E-state index in [9.17, 15) is 32.7 Å². The first-order valence-corrected chi connectivity index (χ1v) is 21.9. The molecule has 2 amide bonds. The number of amides is 2. The van der Waals surface area contributed by atoms with E-state index in [4.69, 9.17) is 4.74 Å². The van der Waals surface area contributed by atoms with Gasteiger partial charge in [0, 0.05) is 75.1 Å². The number of anilines is 1. The number of carbonyl (C=O) groups excluding carboxylic acids is 2. The normalized spacial score (nSPS) is 22.4.